The van der Waals surface area contributed by atoms with E-state index in [1.54, 1.807) is 0 Å². The molecule has 0 unspecified atom stereocenters. The minimum atomic E-state index is -0.0917. The standard InChI is InChI=1S/C19H20ClNO3S/c1-12-8-13(2)19(15(20)9-12)21-18(22)11-25-14-4-5-16-17(10-14)24-7-3-6-23-16/h4-5,8-10H,3,6-7,11H2,1-2H3,(H,21,22). The molecule has 4 nitrogen and oxygen atoms in total. The van der Waals surface area contributed by atoms with Gasteiger partial charge < -0.3 is 14.8 Å². The highest BCUT2D eigenvalue weighted by Crippen LogP contribution is 2.34. The van der Waals surface area contributed by atoms with Crippen LogP contribution in [0.4, 0.5) is 5.69 Å². The van der Waals surface area contributed by atoms with E-state index >= 15 is 0 Å². The van der Waals surface area contributed by atoms with Gasteiger partial charge in [-0.2, -0.15) is 0 Å². The summed E-state index contributed by atoms with van der Waals surface area (Å²) in [6, 6.07) is 9.60. The van der Waals surface area contributed by atoms with E-state index in [-0.39, 0.29) is 5.91 Å². The molecule has 25 heavy (non-hydrogen) atoms. The van der Waals surface area contributed by atoms with Gasteiger partial charge in [0.2, 0.25) is 5.91 Å². The normalized spacial score (nSPS) is 13.2. The third kappa shape index (κ3) is 4.61. The van der Waals surface area contributed by atoms with Crippen LogP contribution >= 0.6 is 23.4 Å². The molecular formula is C19H20ClNO3S. The molecule has 2 aromatic rings. The summed E-state index contributed by atoms with van der Waals surface area (Å²) in [4.78, 5) is 13.2. The van der Waals surface area contributed by atoms with Crippen molar-refractivity contribution in [3.05, 3.63) is 46.5 Å². The monoisotopic (exact) mass is 377 g/mol. The van der Waals surface area contributed by atoms with Crippen LogP contribution in [0.25, 0.3) is 0 Å². The zero-order chi connectivity index (χ0) is 17.8. The maximum absolute atomic E-state index is 12.3. The van der Waals surface area contributed by atoms with E-state index in [4.69, 9.17) is 21.1 Å². The van der Waals surface area contributed by atoms with E-state index in [1.807, 2.05) is 44.2 Å². The van der Waals surface area contributed by atoms with E-state index < -0.39 is 0 Å². The number of nitrogens with one attached hydrogen (secondary N) is 1. The van der Waals surface area contributed by atoms with Gasteiger partial charge in [-0.3, -0.25) is 4.79 Å². The number of carbonyl (C=O) groups excluding carboxylic acids is 1. The second-order valence-electron chi connectivity index (χ2n) is 5.93. The van der Waals surface area contributed by atoms with E-state index in [2.05, 4.69) is 5.32 Å². The SMILES string of the molecule is Cc1cc(C)c(NC(=O)CSc2ccc3c(c2)OCCCO3)c(Cl)c1. The first-order chi connectivity index (χ1) is 12.0. The molecule has 0 fully saturated rings. The minimum Gasteiger partial charge on any atom is -0.490 e. The average Bonchev–Trinajstić information content (AvgIpc) is 2.81. The number of ether oxygens (including phenoxy) is 2. The highest BCUT2D eigenvalue weighted by Gasteiger charge is 2.13. The van der Waals surface area contributed by atoms with Gasteiger partial charge in [0.25, 0.3) is 0 Å². The Balaban J connectivity index is 1.62. The topological polar surface area (TPSA) is 47.6 Å². The van der Waals surface area contributed by atoms with Gasteiger partial charge in [0, 0.05) is 11.3 Å². The largest absolute Gasteiger partial charge is 0.490 e. The summed E-state index contributed by atoms with van der Waals surface area (Å²) in [6.45, 7) is 5.22. The molecule has 0 bridgehead atoms. The fraction of sp³-hybridized carbons (Fsp3) is 0.316. The van der Waals surface area contributed by atoms with Gasteiger partial charge >= 0.3 is 0 Å². The Hall–Kier alpha value is -1.85. The van der Waals surface area contributed by atoms with Crippen molar-refractivity contribution in [1.29, 1.82) is 0 Å². The van der Waals surface area contributed by atoms with Crippen LogP contribution in [0.1, 0.15) is 17.5 Å². The zero-order valence-corrected chi connectivity index (χ0v) is 15.8. The van der Waals surface area contributed by atoms with Crippen LogP contribution in [0.2, 0.25) is 5.02 Å². The third-order valence-corrected chi connectivity index (χ3v) is 5.08. The number of carbonyl (C=O) groups is 1. The Morgan fingerprint density at radius 2 is 1.92 bits per heavy atom. The number of thioether (sulfide) groups is 1. The molecule has 0 aliphatic carbocycles. The maximum atomic E-state index is 12.3. The van der Waals surface area contributed by atoms with Crippen molar-refractivity contribution in [3.8, 4) is 11.5 Å². The Morgan fingerprint density at radius 1 is 1.16 bits per heavy atom. The van der Waals surface area contributed by atoms with Crippen LogP contribution in [0.5, 0.6) is 11.5 Å². The fourth-order valence-corrected chi connectivity index (χ4v) is 3.72. The molecule has 0 saturated carbocycles. The molecule has 1 aliphatic rings. The quantitative estimate of drug-likeness (QED) is 0.774. The van der Waals surface area contributed by atoms with Crippen LogP contribution in [-0.2, 0) is 4.79 Å². The fourth-order valence-electron chi connectivity index (χ4n) is 2.63. The molecular weight excluding hydrogens is 358 g/mol. The Labute approximate surface area is 156 Å². The molecule has 0 spiro atoms. The second-order valence-corrected chi connectivity index (χ2v) is 7.39. The molecule has 0 aromatic heterocycles. The first-order valence-corrected chi connectivity index (χ1v) is 9.48. The number of halogens is 1. The molecule has 2 aromatic carbocycles. The van der Waals surface area contributed by atoms with Gasteiger partial charge in [0.15, 0.2) is 11.5 Å². The van der Waals surface area contributed by atoms with E-state index in [9.17, 15) is 4.79 Å². The lowest BCUT2D eigenvalue weighted by Crippen LogP contribution is -2.15. The number of hydrogen-bond acceptors (Lipinski definition) is 4. The lowest BCUT2D eigenvalue weighted by atomic mass is 10.1. The molecule has 0 atom stereocenters. The smallest absolute Gasteiger partial charge is 0.234 e. The van der Waals surface area contributed by atoms with Crippen LogP contribution in [0.15, 0.2) is 35.2 Å². The Morgan fingerprint density at radius 3 is 2.68 bits per heavy atom. The minimum absolute atomic E-state index is 0.0917. The summed E-state index contributed by atoms with van der Waals surface area (Å²) in [6.07, 6.45) is 0.871. The first-order valence-electron chi connectivity index (χ1n) is 8.12. The van der Waals surface area contributed by atoms with Crippen molar-refractivity contribution < 1.29 is 14.3 Å². The van der Waals surface area contributed by atoms with Crippen molar-refractivity contribution in [2.24, 2.45) is 0 Å². The first kappa shape index (κ1) is 18.0. The lowest BCUT2D eigenvalue weighted by molar-refractivity contribution is -0.113. The third-order valence-electron chi connectivity index (χ3n) is 3.79. The molecule has 1 aliphatic heterocycles. The highest BCUT2D eigenvalue weighted by atomic mass is 35.5. The van der Waals surface area contributed by atoms with Crippen molar-refractivity contribution in [3.63, 3.8) is 0 Å². The summed E-state index contributed by atoms with van der Waals surface area (Å²) in [7, 11) is 0. The molecule has 132 valence electrons. The summed E-state index contributed by atoms with van der Waals surface area (Å²) in [5, 5.41) is 3.46. The zero-order valence-electron chi connectivity index (χ0n) is 14.2. The molecule has 3 rings (SSSR count). The molecule has 0 radical (unpaired) electrons. The number of benzene rings is 2. The van der Waals surface area contributed by atoms with Crippen molar-refractivity contribution in [2.75, 3.05) is 24.3 Å². The van der Waals surface area contributed by atoms with Gasteiger partial charge in [-0.05, 0) is 49.2 Å². The van der Waals surface area contributed by atoms with Gasteiger partial charge in [-0.25, -0.2) is 0 Å². The molecule has 6 heteroatoms. The van der Waals surface area contributed by atoms with Crippen molar-refractivity contribution in [2.45, 2.75) is 25.2 Å². The molecule has 1 heterocycles. The van der Waals surface area contributed by atoms with Crippen LogP contribution in [-0.4, -0.2) is 24.9 Å². The average molecular weight is 378 g/mol. The van der Waals surface area contributed by atoms with E-state index in [0.29, 0.717) is 29.7 Å². The number of amides is 1. The molecule has 0 saturated heterocycles. The maximum Gasteiger partial charge on any atom is 0.234 e. The number of fused-ring (bicyclic) bond motifs is 1. The van der Waals surface area contributed by atoms with Crippen LogP contribution in [0, 0.1) is 13.8 Å². The molecule has 1 N–H and O–H groups in total. The predicted molar refractivity (Wildman–Crippen MR) is 102 cm³/mol. The van der Waals surface area contributed by atoms with Crippen molar-refractivity contribution in [1.82, 2.24) is 0 Å². The number of rotatable bonds is 4. The Kier molecular flexibility index (Phi) is 5.76. The number of hydrogen-bond donors (Lipinski definition) is 1. The second kappa shape index (κ2) is 8.02. The summed E-state index contributed by atoms with van der Waals surface area (Å²) in [5.41, 5.74) is 2.71. The number of aryl methyl sites for hydroxylation is 2. The van der Waals surface area contributed by atoms with Gasteiger partial charge in [-0.15, -0.1) is 11.8 Å². The van der Waals surface area contributed by atoms with E-state index in [0.717, 1.165) is 33.9 Å². The summed E-state index contributed by atoms with van der Waals surface area (Å²) < 4.78 is 11.3. The summed E-state index contributed by atoms with van der Waals surface area (Å²) >= 11 is 7.69. The van der Waals surface area contributed by atoms with Gasteiger partial charge in [0.1, 0.15) is 0 Å². The van der Waals surface area contributed by atoms with Gasteiger partial charge in [0.05, 0.1) is 29.7 Å². The van der Waals surface area contributed by atoms with Crippen molar-refractivity contribution >= 4 is 35.0 Å². The molecule has 1 amide bonds. The van der Waals surface area contributed by atoms with Gasteiger partial charge in [-0.1, -0.05) is 17.7 Å². The van der Waals surface area contributed by atoms with Crippen LogP contribution < -0.4 is 14.8 Å². The number of anilines is 1. The highest BCUT2D eigenvalue weighted by molar-refractivity contribution is 8.00. The Bertz CT molecular complexity index is 771. The van der Waals surface area contributed by atoms with E-state index in [1.165, 1.54) is 11.8 Å². The van der Waals surface area contributed by atoms with Crippen LogP contribution in [0.3, 0.4) is 0 Å². The summed E-state index contributed by atoms with van der Waals surface area (Å²) in [5.74, 6) is 1.70. The lowest BCUT2D eigenvalue weighted by Gasteiger charge is -2.12. The predicted octanol–water partition coefficient (Wildman–Crippen LogP) is 4.85.